The van der Waals surface area contributed by atoms with Crippen LogP contribution in [0.4, 0.5) is 4.79 Å². The summed E-state index contributed by atoms with van der Waals surface area (Å²) in [5, 5.41) is 0. The van der Waals surface area contributed by atoms with Gasteiger partial charge in [-0.15, -0.1) is 0 Å². The lowest BCUT2D eigenvalue weighted by atomic mass is 9.90. The summed E-state index contributed by atoms with van der Waals surface area (Å²) in [5.74, 6) is 0. The number of nitrogens with zero attached hydrogens (tertiary/aromatic N) is 2. The Balaban J connectivity index is 1.89. The predicted molar refractivity (Wildman–Crippen MR) is 99.6 cm³/mol. The highest BCUT2D eigenvalue weighted by Gasteiger charge is 2.38. The normalized spacial score (nSPS) is 17.6. The lowest BCUT2D eigenvalue weighted by molar-refractivity contribution is -0.0754. The van der Waals surface area contributed by atoms with Gasteiger partial charge in [-0.2, -0.15) is 0 Å². The molecule has 140 valence electrons. The van der Waals surface area contributed by atoms with Gasteiger partial charge >= 0.3 is 6.09 Å². The third kappa shape index (κ3) is 6.01. The highest BCUT2D eigenvalue weighted by molar-refractivity contribution is 5.68. The van der Waals surface area contributed by atoms with Gasteiger partial charge in [-0.25, -0.2) is 4.79 Å². The number of likely N-dealkylation sites (tertiary alicyclic amines) is 1. The lowest BCUT2D eigenvalue weighted by Gasteiger charge is -2.42. The van der Waals surface area contributed by atoms with E-state index < -0.39 is 5.60 Å². The number of carbonyl (C=O) groups is 1. The Morgan fingerprint density at radius 2 is 1.80 bits per heavy atom. The Labute approximate surface area is 151 Å². The van der Waals surface area contributed by atoms with E-state index in [1.165, 1.54) is 5.56 Å². The summed E-state index contributed by atoms with van der Waals surface area (Å²) < 4.78 is 11.4. The average Bonchev–Trinajstić information content (AvgIpc) is 2.54. The van der Waals surface area contributed by atoms with Crippen LogP contribution < -0.4 is 0 Å². The molecule has 1 heterocycles. The molecule has 0 saturated carbocycles. The van der Waals surface area contributed by atoms with Crippen molar-refractivity contribution in [3.8, 4) is 0 Å². The molecule has 25 heavy (non-hydrogen) atoms. The van der Waals surface area contributed by atoms with Crippen LogP contribution in [0.1, 0.15) is 39.2 Å². The van der Waals surface area contributed by atoms with E-state index >= 15 is 0 Å². The number of methoxy groups -OCH3 is 1. The first-order valence-corrected chi connectivity index (χ1v) is 8.99. The van der Waals surface area contributed by atoms with E-state index in [0.717, 1.165) is 25.9 Å². The highest BCUT2D eigenvalue weighted by atomic mass is 16.6. The quantitative estimate of drug-likeness (QED) is 0.816. The van der Waals surface area contributed by atoms with Gasteiger partial charge in [0.05, 0.1) is 5.60 Å². The fraction of sp³-hybridized carbons (Fsp3) is 0.650. The first-order chi connectivity index (χ1) is 11.7. The molecule has 5 heteroatoms. The largest absolute Gasteiger partial charge is 0.444 e. The summed E-state index contributed by atoms with van der Waals surface area (Å²) >= 11 is 0. The lowest BCUT2D eigenvalue weighted by Crippen LogP contribution is -2.53. The van der Waals surface area contributed by atoms with Gasteiger partial charge in [0.25, 0.3) is 0 Å². The third-order valence-electron chi connectivity index (χ3n) is 4.61. The topological polar surface area (TPSA) is 42.0 Å². The van der Waals surface area contributed by atoms with Crippen molar-refractivity contribution >= 4 is 6.09 Å². The van der Waals surface area contributed by atoms with Crippen molar-refractivity contribution in [2.45, 2.75) is 51.4 Å². The number of likely N-dealkylation sites (N-methyl/N-ethyl adjacent to an activating group) is 1. The van der Waals surface area contributed by atoms with Crippen LogP contribution in [0.3, 0.4) is 0 Å². The molecule has 0 unspecified atom stereocenters. The summed E-state index contributed by atoms with van der Waals surface area (Å²) in [6.07, 6.45) is 1.42. The Morgan fingerprint density at radius 1 is 1.20 bits per heavy atom. The highest BCUT2D eigenvalue weighted by Crippen LogP contribution is 2.28. The predicted octanol–water partition coefficient (Wildman–Crippen LogP) is 3.53. The van der Waals surface area contributed by atoms with Crippen LogP contribution >= 0.6 is 0 Å². The fourth-order valence-corrected chi connectivity index (χ4v) is 3.29. The van der Waals surface area contributed by atoms with Gasteiger partial charge in [0, 0.05) is 33.3 Å². The molecule has 0 radical (unpaired) electrons. The zero-order valence-corrected chi connectivity index (χ0v) is 16.2. The van der Waals surface area contributed by atoms with E-state index in [2.05, 4.69) is 36.2 Å². The standard InChI is InChI=1S/C20H32N2O3/c1-19(2,3)25-18(23)22-13-11-20(24-5,12-14-22)16-21(4)15-17-9-7-6-8-10-17/h6-10H,11-16H2,1-5H3. The molecule has 0 spiro atoms. The molecule has 1 amide bonds. The van der Waals surface area contributed by atoms with Crippen LogP contribution in [-0.2, 0) is 16.0 Å². The number of benzene rings is 1. The van der Waals surface area contributed by atoms with E-state index in [1.807, 2.05) is 26.8 Å². The summed E-state index contributed by atoms with van der Waals surface area (Å²) in [7, 11) is 3.90. The molecule has 1 saturated heterocycles. The van der Waals surface area contributed by atoms with Crippen LogP contribution in [0.25, 0.3) is 0 Å². The molecule has 1 aliphatic heterocycles. The summed E-state index contributed by atoms with van der Waals surface area (Å²) in [4.78, 5) is 16.3. The fourth-order valence-electron chi connectivity index (χ4n) is 3.29. The number of piperidine rings is 1. The number of ether oxygens (including phenoxy) is 2. The van der Waals surface area contributed by atoms with Crippen molar-refractivity contribution in [3.05, 3.63) is 35.9 Å². The van der Waals surface area contributed by atoms with E-state index in [4.69, 9.17) is 9.47 Å². The van der Waals surface area contributed by atoms with Crippen LogP contribution in [-0.4, -0.2) is 60.9 Å². The first-order valence-electron chi connectivity index (χ1n) is 8.99. The monoisotopic (exact) mass is 348 g/mol. The Bertz CT molecular complexity index is 546. The average molecular weight is 348 g/mol. The van der Waals surface area contributed by atoms with Crippen molar-refractivity contribution in [2.75, 3.05) is 33.8 Å². The number of amides is 1. The van der Waals surface area contributed by atoms with Crippen LogP contribution in [0, 0.1) is 0 Å². The Kier molecular flexibility index (Phi) is 6.47. The van der Waals surface area contributed by atoms with E-state index in [9.17, 15) is 4.79 Å². The van der Waals surface area contributed by atoms with Crippen molar-refractivity contribution in [3.63, 3.8) is 0 Å². The van der Waals surface area contributed by atoms with Gasteiger partial charge in [-0.3, -0.25) is 4.90 Å². The maximum atomic E-state index is 12.2. The second kappa shape index (κ2) is 8.19. The van der Waals surface area contributed by atoms with Gasteiger partial charge in [0.1, 0.15) is 5.60 Å². The van der Waals surface area contributed by atoms with E-state index in [0.29, 0.717) is 13.1 Å². The second-order valence-corrected chi connectivity index (χ2v) is 8.01. The van der Waals surface area contributed by atoms with Gasteiger partial charge < -0.3 is 14.4 Å². The molecule has 1 fully saturated rings. The minimum absolute atomic E-state index is 0.206. The van der Waals surface area contributed by atoms with Crippen LogP contribution in [0.2, 0.25) is 0 Å². The molecule has 0 bridgehead atoms. The molecule has 2 rings (SSSR count). The molecule has 1 aliphatic rings. The first kappa shape index (κ1) is 19.7. The molecular weight excluding hydrogens is 316 g/mol. The van der Waals surface area contributed by atoms with E-state index in [-0.39, 0.29) is 11.7 Å². The molecule has 1 aromatic carbocycles. The smallest absolute Gasteiger partial charge is 0.410 e. The number of rotatable bonds is 5. The summed E-state index contributed by atoms with van der Waals surface area (Å²) in [5.41, 5.74) is 0.632. The second-order valence-electron chi connectivity index (χ2n) is 8.01. The van der Waals surface area contributed by atoms with Crippen molar-refractivity contribution in [1.29, 1.82) is 0 Å². The molecule has 5 nitrogen and oxygen atoms in total. The molecule has 0 atom stereocenters. The zero-order chi connectivity index (χ0) is 18.5. The van der Waals surface area contributed by atoms with E-state index in [1.54, 1.807) is 12.0 Å². The number of hydrogen-bond acceptors (Lipinski definition) is 4. The van der Waals surface area contributed by atoms with Gasteiger partial charge in [0.15, 0.2) is 0 Å². The maximum Gasteiger partial charge on any atom is 0.410 e. The van der Waals surface area contributed by atoms with Gasteiger partial charge in [-0.05, 0) is 46.2 Å². The number of carbonyl (C=O) groups excluding carboxylic acids is 1. The Hall–Kier alpha value is -1.59. The van der Waals surface area contributed by atoms with Gasteiger partial charge in [0.2, 0.25) is 0 Å². The summed E-state index contributed by atoms with van der Waals surface area (Å²) in [6.45, 7) is 8.76. The molecule has 1 aromatic rings. The minimum atomic E-state index is -0.456. The SMILES string of the molecule is COC1(CN(C)Cc2ccccc2)CCN(C(=O)OC(C)(C)C)CC1. The van der Waals surface area contributed by atoms with Crippen LogP contribution in [0.15, 0.2) is 30.3 Å². The summed E-state index contributed by atoms with van der Waals surface area (Å²) in [6, 6.07) is 10.4. The van der Waals surface area contributed by atoms with Crippen LogP contribution in [0.5, 0.6) is 0 Å². The molecular formula is C20H32N2O3. The maximum absolute atomic E-state index is 12.2. The van der Waals surface area contributed by atoms with Crippen molar-refractivity contribution in [1.82, 2.24) is 9.80 Å². The van der Waals surface area contributed by atoms with Gasteiger partial charge in [-0.1, -0.05) is 30.3 Å². The Morgan fingerprint density at radius 3 is 2.32 bits per heavy atom. The van der Waals surface area contributed by atoms with Crippen molar-refractivity contribution < 1.29 is 14.3 Å². The molecule has 0 aliphatic carbocycles. The third-order valence-corrected chi connectivity index (χ3v) is 4.61. The number of hydrogen-bond donors (Lipinski definition) is 0. The molecule has 0 N–H and O–H groups in total. The van der Waals surface area contributed by atoms with Crippen molar-refractivity contribution in [2.24, 2.45) is 0 Å². The molecule has 0 aromatic heterocycles. The zero-order valence-electron chi connectivity index (χ0n) is 16.2. The minimum Gasteiger partial charge on any atom is -0.444 e.